The monoisotopic (exact) mass is 222 g/mol. The number of phenols is 1. The van der Waals surface area contributed by atoms with Crippen molar-refractivity contribution in [1.29, 1.82) is 0 Å². The van der Waals surface area contributed by atoms with Crippen molar-refractivity contribution in [2.45, 2.75) is 44.9 Å². The Hall–Kier alpha value is -0.763. The summed E-state index contributed by atoms with van der Waals surface area (Å²) < 4.78 is 0. The van der Waals surface area contributed by atoms with Gasteiger partial charge in [0.1, 0.15) is 5.75 Å². The molecule has 84 valence electrons. The predicted molar refractivity (Wildman–Crippen MR) is 69.0 cm³/mol. The zero-order chi connectivity index (χ0) is 11.7. The van der Waals surface area contributed by atoms with Crippen molar-refractivity contribution < 1.29 is 5.11 Å². The smallest absolute Gasteiger partial charge is 0.118 e. The van der Waals surface area contributed by atoms with Crippen molar-refractivity contribution >= 4 is 8.07 Å². The van der Waals surface area contributed by atoms with Crippen LogP contribution < -0.4 is 0 Å². The second kappa shape index (κ2) is 4.01. The molecule has 0 amide bonds. The van der Waals surface area contributed by atoms with Crippen molar-refractivity contribution in [1.82, 2.24) is 0 Å². The van der Waals surface area contributed by atoms with Gasteiger partial charge in [0.25, 0.3) is 0 Å². The van der Waals surface area contributed by atoms with Gasteiger partial charge in [0.05, 0.1) is 8.07 Å². The van der Waals surface area contributed by atoms with Crippen LogP contribution in [-0.2, 0) is 6.04 Å². The molecule has 0 atom stereocenters. The van der Waals surface area contributed by atoms with Crippen LogP contribution in [0.25, 0.3) is 0 Å². The van der Waals surface area contributed by atoms with E-state index in [0.29, 0.717) is 10.8 Å². The number of benzene rings is 1. The molecule has 0 bridgehead atoms. The van der Waals surface area contributed by atoms with E-state index in [2.05, 4.69) is 33.9 Å². The van der Waals surface area contributed by atoms with E-state index in [-0.39, 0.29) is 0 Å². The summed E-state index contributed by atoms with van der Waals surface area (Å²) in [7, 11) is -1.34. The lowest BCUT2D eigenvalue weighted by Gasteiger charge is -2.37. The van der Waals surface area contributed by atoms with Crippen LogP contribution in [0.5, 0.6) is 5.75 Å². The van der Waals surface area contributed by atoms with Crippen LogP contribution in [0.1, 0.15) is 26.3 Å². The third-order valence-corrected chi connectivity index (χ3v) is 8.98. The van der Waals surface area contributed by atoms with E-state index in [4.69, 9.17) is 0 Å². The molecular formula is C13H22OSi. The van der Waals surface area contributed by atoms with E-state index >= 15 is 0 Å². The molecule has 0 spiro atoms. The van der Waals surface area contributed by atoms with E-state index in [1.807, 2.05) is 18.2 Å². The Kier molecular flexibility index (Phi) is 3.29. The second-order valence-corrected chi connectivity index (χ2v) is 11.6. The number of hydrogen-bond donors (Lipinski definition) is 1. The van der Waals surface area contributed by atoms with E-state index in [1.165, 1.54) is 0 Å². The molecule has 15 heavy (non-hydrogen) atoms. The van der Waals surface area contributed by atoms with Crippen LogP contribution in [0, 0.1) is 0 Å². The maximum absolute atomic E-state index is 9.76. The molecular weight excluding hydrogens is 200 g/mol. The Morgan fingerprint density at radius 2 is 1.67 bits per heavy atom. The molecule has 1 N–H and O–H groups in total. The summed E-state index contributed by atoms with van der Waals surface area (Å²) in [5, 5.41) is 10.1. The van der Waals surface area contributed by atoms with Crippen molar-refractivity contribution in [3.63, 3.8) is 0 Å². The number of rotatable bonds is 2. The molecule has 0 aliphatic rings. The van der Waals surface area contributed by atoms with Gasteiger partial charge in [-0.25, -0.2) is 0 Å². The zero-order valence-corrected chi connectivity index (χ0v) is 11.5. The Bertz CT molecular complexity index is 337. The first-order valence-corrected chi connectivity index (χ1v) is 8.72. The van der Waals surface area contributed by atoms with Crippen LogP contribution in [0.15, 0.2) is 24.3 Å². The van der Waals surface area contributed by atoms with Crippen LogP contribution >= 0.6 is 0 Å². The highest BCUT2D eigenvalue weighted by atomic mass is 28.3. The highest BCUT2D eigenvalue weighted by Crippen LogP contribution is 2.39. The van der Waals surface area contributed by atoms with Crippen molar-refractivity contribution in [3.8, 4) is 5.75 Å². The van der Waals surface area contributed by atoms with Gasteiger partial charge >= 0.3 is 0 Å². The minimum absolute atomic E-state index is 0.370. The van der Waals surface area contributed by atoms with E-state index in [1.54, 1.807) is 6.07 Å². The average molecular weight is 222 g/mol. The first kappa shape index (κ1) is 12.3. The molecule has 2 heteroatoms. The lowest BCUT2D eigenvalue weighted by atomic mass is 10.2. The normalized spacial score (nSPS) is 12.9. The van der Waals surface area contributed by atoms with Crippen LogP contribution in [0.4, 0.5) is 0 Å². The largest absolute Gasteiger partial charge is 0.508 e. The summed E-state index contributed by atoms with van der Waals surface area (Å²) in [5.74, 6) is 0.447. The van der Waals surface area contributed by atoms with Gasteiger partial charge in [-0.2, -0.15) is 0 Å². The first-order valence-electron chi connectivity index (χ1n) is 5.51. The molecule has 0 saturated heterocycles. The summed E-state index contributed by atoms with van der Waals surface area (Å²) >= 11 is 0. The molecule has 0 saturated carbocycles. The quantitative estimate of drug-likeness (QED) is 0.750. The lowest BCUT2D eigenvalue weighted by molar-refractivity contribution is 0.470. The van der Waals surface area contributed by atoms with Crippen molar-refractivity contribution in [2.24, 2.45) is 0 Å². The minimum atomic E-state index is -1.34. The molecule has 1 aromatic rings. The standard InChI is InChI=1S/C13H22OSi/c1-13(2,3)15(4,5)10-11-8-6-7-9-12(11)14/h6-9,14H,10H2,1-5H3. The Morgan fingerprint density at radius 3 is 2.13 bits per heavy atom. The molecule has 1 nitrogen and oxygen atoms in total. The number of hydrogen-bond acceptors (Lipinski definition) is 1. The van der Waals surface area contributed by atoms with Crippen molar-refractivity contribution in [3.05, 3.63) is 29.8 Å². The summed E-state index contributed by atoms with van der Waals surface area (Å²) in [6.45, 7) is 11.7. The molecule has 0 aromatic heterocycles. The molecule has 0 fully saturated rings. The summed E-state index contributed by atoms with van der Waals surface area (Å²) in [6, 6.07) is 8.74. The summed E-state index contributed by atoms with van der Waals surface area (Å²) in [5.41, 5.74) is 1.10. The van der Waals surface area contributed by atoms with Crippen LogP contribution in [-0.4, -0.2) is 13.2 Å². The molecule has 0 radical (unpaired) electrons. The molecule has 1 aromatic carbocycles. The van der Waals surface area contributed by atoms with Gasteiger partial charge in [-0.3, -0.25) is 0 Å². The third kappa shape index (κ3) is 2.85. The van der Waals surface area contributed by atoms with Gasteiger partial charge in [0.15, 0.2) is 0 Å². The Morgan fingerprint density at radius 1 is 1.13 bits per heavy atom. The molecule has 0 aliphatic heterocycles. The highest BCUT2D eigenvalue weighted by molar-refractivity contribution is 6.79. The van der Waals surface area contributed by atoms with Gasteiger partial charge in [-0.05, 0) is 22.7 Å². The van der Waals surface area contributed by atoms with E-state index < -0.39 is 8.07 Å². The fourth-order valence-electron chi connectivity index (χ4n) is 1.40. The maximum atomic E-state index is 9.76. The van der Waals surface area contributed by atoms with Crippen molar-refractivity contribution in [2.75, 3.05) is 0 Å². The topological polar surface area (TPSA) is 20.2 Å². The number of phenolic OH excluding ortho intramolecular Hbond substituents is 1. The van der Waals surface area contributed by atoms with Gasteiger partial charge in [-0.1, -0.05) is 52.1 Å². The minimum Gasteiger partial charge on any atom is -0.508 e. The lowest BCUT2D eigenvalue weighted by Crippen LogP contribution is -2.39. The predicted octanol–water partition coefficient (Wildman–Crippen LogP) is 3.98. The number of para-hydroxylation sites is 1. The molecule has 0 unspecified atom stereocenters. The fourth-order valence-corrected chi connectivity index (χ4v) is 3.18. The molecule has 0 heterocycles. The average Bonchev–Trinajstić information content (AvgIpc) is 2.06. The Balaban J connectivity index is 2.92. The second-order valence-electron chi connectivity index (χ2n) is 5.94. The summed E-state index contributed by atoms with van der Waals surface area (Å²) in [4.78, 5) is 0. The van der Waals surface area contributed by atoms with Gasteiger partial charge < -0.3 is 5.11 Å². The van der Waals surface area contributed by atoms with Gasteiger partial charge in [0.2, 0.25) is 0 Å². The fraction of sp³-hybridized carbons (Fsp3) is 0.538. The summed E-state index contributed by atoms with van der Waals surface area (Å²) in [6.07, 6.45) is 0. The van der Waals surface area contributed by atoms with E-state index in [9.17, 15) is 5.11 Å². The van der Waals surface area contributed by atoms with Crippen LogP contribution in [0.3, 0.4) is 0 Å². The zero-order valence-electron chi connectivity index (χ0n) is 10.5. The van der Waals surface area contributed by atoms with E-state index in [0.717, 1.165) is 11.6 Å². The Labute approximate surface area is 94.2 Å². The molecule has 1 rings (SSSR count). The third-order valence-electron chi connectivity index (χ3n) is 3.65. The highest BCUT2D eigenvalue weighted by Gasteiger charge is 2.35. The van der Waals surface area contributed by atoms with Gasteiger partial charge in [-0.15, -0.1) is 0 Å². The van der Waals surface area contributed by atoms with Gasteiger partial charge in [0, 0.05) is 0 Å². The van der Waals surface area contributed by atoms with Crippen LogP contribution in [0.2, 0.25) is 18.1 Å². The maximum Gasteiger partial charge on any atom is 0.118 e. The first-order chi connectivity index (χ1) is 6.74. The number of aromatic hydroxyl groups is 1. The SMILES string of the molecule is CC(C)(C)[Si](C)(C)Cc1ccccc1O. The molecule has 0 aliphatic carbocycles.